The fourth-order valence-electron chi connectivity index (χ4n) is 1.54. The lowest BCUT2D eigenvalue weighted by atomic mass is 10.2. The van der Waals surface area contributed by atoms with E-state index in [1.165, 1.54) is 0 Å². The smallest absolute Gasteiger partial charge is 0.229 e. The Balaban J connectivity index is 2.33. The average Bonchev–Trinajstić information content (AvgIpc) is 2.39. The molecule has 0 atom stereocenters. The number of benzene rings is 1. The van der Waals surface area contributed by atoms with E-state index in [1.807, 2.05) is 43.1 Å². The molecule has 5 heteroatoms. The molecule has 4 nitrogen and oxygen atoms in total. The molecule has 0 aliphatic rings. The topological polar surface area (TPSA) is 55.0 Å². The summed E-state index contributed by atoms with van der Waals surface area (Å²) in [5, 5.41) is 0. The van der Waals surface area contributed by atoms with Crippen molar-refractivity contribution in [2.24, 2.45) is 5.73 Å². The minimum absolute atomic E-state index is 0.384. The summed E-state index contributed by atoms with van der Waals surface area (Å²) in [7, 11) is 1.91. The van der Waals surface area contributed by atoms with Gasteiger partial charge in [-0.1, -0.05) is 24.4 Å². The molecule has 2 aromatic rings. The van der Waals surface area contributed by atoms with E-state index in [-0.39, 0.29) is 0 Å². The minimum atomic E-state index is 0.384. The number of aryl methyl sites for hydroxylation is 1. The number of aromatic nitrogens is 2. The molecule has 0 unspecified atom stereocenters. The van der Waals surface area contributed by atoms with Crippen LogP contribution in [0.2, 0.25) is 0 Å². The molecule has 2 N–H and O–H groups in total. The first kappa shape index (κ1) is 12.4. The molecule has 0 aliphatic heterocycles. The Morgan fingerprint density at radius 2 is 1.94 bits per heavy atom. The van der Waals surface area contributed by atoms with E-state index in [0.717, 1.165) is 16.8 Å². The zero-order chi connectivity index (χ0) is 13.1. The Bertz CT molecular complexity index is 565. The van der Waals surface area contributed by atoms with Crippen molar-refractivity contribution in [3.05, 3.63) is 47.8 Å². The lowest BCUT2D eigenvalue weighted by Crippen LogP contribution is -2.15. The van der Waals surface area contributed by atoms with Gasteiger partial charge < -0.3 is 10.6 Å². The van der Waals surface area contributed by atoms with Crippen molar-refractivity contribution in [3.8, 4) is 0 Å². The summed E-state index contributed by atoms with van der Waals surface area (Å²) >= 11 is 4.97. The first-order valence-electron chi connectivity index (χ1n) is 5.50. The van der Waals surface area contributed by atoms with Gasteiger partial charge in [-0.3, -0.25) is 0 Å². The Morgan fingerprint density at radius 3 is 2.56 bits per heavy atom. The maximum Gasteiger partial charge on any atom is 0.229 e. The Labute approximate surface area is 111 Å². The third kappa shape index (κ3) is 2.62. The van der Waals surface area contributed by atoms with Crippen LogP contribution < -0.4 is 10.6 Å². The van der Waals surface area contributed by atoms with Crippen molar-refractivity contribution >= 4 is 28.8 Å². The number of nitrogens with zero attached hydrogens (tertiary/aromatic N) is 3. The zero-order valence-corrected chi connectivity index (χ0v) is 11.1. The molecule has 0 spiro atoms. The van der Waals surface area contributed by atoms with Crippen LogP contribution in [0.5, 0.6) is 0 Å². The standard InChI is InChI=1S/C13H14N4S/c1-9-7-15-13(16-8-9)17(2)11-5-3-4-10(6-11)12(14)18/h3-8H,1-2H3,(H2,14,18). The molecule has 1 aromatic carbocycles. The molecule has 0 aliphatic carbocycles. The van der Waals surface area contributed by atoms with E-state index in [0.29, 0.717) is 10.9 Å². The third-order valence-electron chi connectivity index (χ3n) is 2.59. The van der Waals surface area contributed by atoms with Crippen LogP contribution in [0.4, 0.5) is 11.6 Å². The highest BCUT2D eigenvalue weighted by Crippen LogP contribution is 2.20. The van der Waals surface area contributed by atoms with Gasteiger partial charge in [-0.15, -0.1) is 0 Å². The summed E-state index contributed by atoms with van der Waals surface area (Å²) in [6.45, 7) is 1.96. The minimum Gasteiger partial charge on any atom is -0.389 e. The average molecular weight is 258 g/mol. The molecular formula is C13H14N4S. The summed E-state index contributed by atoms with van der Waals surface area (Å²) in [5.74, 6) is 0.640. The SMILES string of the molecule is Cc1cnc(N(C)c2cccc(C(N)=S)c2)nc1. The molecule has 18 heavy (non-hydrogen) atoms. The van der Waals surface area contributed by atoms with Crippen LogP contribution in [0, 0.1) is 6.92 Å². The monoisotopic (exact) mass is 258 g/mol. The number of hydrogen-bond acceptors (Lipinski definition) is 4. The first-order valence-corrected chi connectivity index (χ1v) is 5.91. The maximum absolute atomic E-state index is 5.62. The van der Waals surface area contributed by atoms with Gasteiger partial charge in [0.1, 0.15) is 4.99 Å². The molecule has 0 radical (unpaired) electrons. The van der Waals surface area contributed by atoms with Crippen LogP contribution in [0.15, 0.2) is 36.7 Å². The van der Waals surface area contributed by atoms with E-state index in [2.05, 4.69) is 9.97 Å². The highest BCUT2D eigenvalue weighted by molar-refractivity contribution is 7.80. The number of rotatable bonds is 3. The van der Waals surface area contributed by atoms with Crippen molar-refractivity contribution < 1.29 is 0 Å². The fraction of sp³-hybridized carbons (Fsp3) is 0.154. The Kier molecular flexibility index (Phi) is 3.53. The van der Waals surface area contributed by atoms with Crippen molar-refractivity contribution in [1.29, 1.82) is 0 Å². The van der Waals surface area contributed by atoms with Gasteiger partial charge in [0, 0.05) is 30.7 Å². The second-order valence-electron chi connectivity index (χ2n) is 4.03. The van der Waals surface area contributed by atoms with E-state index in [9.17, 15) is 0 Å². The molecule has 92 valence electrons. The predicted molar refractivity (Wildman–Crippen MR) is 77.2 cm³/mol. The summed E-state index contributed by atoms with van der Waals surface area (Å²) in [6, 6.07) is 7.68. The van der Waals surface area contributed by atoms with E-state index in [1.54, 1.807) is 12.4 Å². The number of anilines is 2. The molecular weight excluding hydrogens is 244 g/mol. The summed E-state index contributed by atoms with van der Waals surface area (Å²) in [6.07, 6.45) is 3.58. The van der Waals surface area contributed by atoms with Crippen molar-refractivity contribution in [2.75, 3.05) is 11.9 Å². The van der Waals surface area contributed by atoms with Crippen LogP contribution in [0.25, 0.3) is 0 Å². The lowest BCUT2D eigenvalue weighted by molar-refractivity contribution is 1.03. The third-order valence-corrected chi connectivity index (χ3v) is 2.82. The highest BCUT2D eigenvalue weighted by Gasteiger charge is 2.07. The van der Waals surface area contributed by atoms with Gasteiger partial charge in [0.05, 0.1) is 0 Å². The number of thiocarbonyl (C=S) groups is 1. The van der Waals surface area contributed by atoms with Gasteiger partial charge in [0.25, 0.3) is 0 Å². The Morgan fingerprint density at radius 1 is 1.28 bits per heavy atom. The summed E-state index contributed by atoms with van der Waals surface area (Å²) < 4.78 is 0. The second kappa shape index (κ2) is 5.10. The lowest BCUT2D eigenvalue weighted by Gasteiger charge is -2.17. The quantitative estimate of drug-likeness (QED) is 0.855. The van der Waals surface area contributed by atoms with Crippen LogP contribution in [-0.4, -0.2) is 22.0 Å². The summed E-state index contributed by atoms with van der Waals surface area (Å²) in [4.78, 5) is 10.8. The molecule has 1 heterocycles. The molecule has 0 saturated heterocycles. The zero-order valence-electron chi connectivity index (χ0n) is 10.3. The Hall–Kier alpha value is -2.01. The maximum atomic E-state index is 5.62. The van der Waals surface area contributed by atoms with Gasteiger partial charge in [0.15, 0.2) is 0 Å². The predicted octanol–water partition coefficient (Wildman–Crippen LogP) is 2.19. The molecule has 0 bridgehead atoms. The van der Waals surface area contributed by atoms with E-state index < -0.39 is 0 Å². The highest BCUT2D eigenvalue weighted by atomic mass is 32.1. The van der Waals surface area contributed by atoms with Crippen molar-refractivity contribution in [3.63, 3.8) is 0 Å². The molecule has 2 rings (SSSR count). The van der Waals surface area contributed by atoms with E-state index in [4.69, 9.17) is 18.0 Å². The molecule has 1 aromatic heterocycles. The summed E-state index contributed by atoms with van der Waals surface area (Å²) in [5.41, 5.74) is 8.44. The first-order chi connectivity index (χ1) is 8.58. The van der Waals surface area contributed by atoms with Gasteiger partial charge >= 0.3 is 0 Å². The largest absolute Gasteiger partial charge is 0.389 e. The van der Waals surface area contributed by atoms with Crippen LogP contribution in [-0.2, 0) is 0 Å². The second-order valence-corrected chi connectivity index (χ2v) is 4.47. The van der Waals surface area contributed by atoms with Crippen LogP contribution >= 0.6 is 12.2 Å². The normalized spacial score (nSPS) is 10.1. The van der Waals surface area contributed by atoms with Gasteiger partial charge in [-0.25, -0.2) is 9.97 Å². The molecule has 0 saturated carbocycles. The van der Waals surface area contributed by atoms with Gasteiger partial charge in [-0.2, -0.15) is 0 Å². The van der Waals surface area contributed by atoms with E-state index >= 15 is 0 Å². The number of hydrogen-bond donors (Lipinski definition) is 1. The van der Waals surface area contributed by atoms with Crippen LogP contribution in [0.1, 0.15) is 11.1 Å². The van der Waals surface area contributed by atoms with Crippen molar-refractivity contribution in [2.45, 2.75) is 6.92 Å². The number of nitrogens with two attached hydrogens (primary N) is 1. The van der Waals surface area contributed by atoms with Crippen molar-refractivity contribution in [1.82, 2.24) is 9.97 Å². The van der Waals surface area contributed by atoms with Gasteiger partial charge in [0.2, 0.25) is 5.95 Å². The molecule has 0 fully saturated rings. The molecule has 0 amide bonds. The van der Waals surface area contributed by atoms with Gasteiger partial charge in [-0.05, 0) is 24.6 Å². The van der Waals surface area contributed by atoms with Crippen LogP contribution in [0.3, 0.4) is 0 Å². The fourth-order valence-corrected chi connectivity index (χ4v) is 1.67.